The lowest BCUT2D eigenvalue weighted by atomic mass is 9.86. The second-order valence-electron chi connectivity index (χ2n) is 10.6. The van der Waals surface area contributed by atoms with Crippen LogP contribution >= 0.6 is 0 Å². The average Bonchev–Trinajstić information content (AvgIpc) is 3.78. The summed E-state index contributed by atoms with van der Waals surface area (Å²) in [5.41, 5.74) is 8.92. The monoisotopic (exact) mass is 547 g/mol. The van der Waals surface area contributed by atoms with Crippen LogP contribution in [0, 0.1) is 17.2 Å². The Bertz CT molecular complexity index is 1550. The largest absolute Gasteiger partial charge is 0.363 e. The van der Waals surface area contributed by atoms with E-state index in [0.717, 1.165) is 0 Å². The number of alkyl halides is 2. The predicted molar refractivity (Wildman–Crippen MR) is 147 cm³/mol. The third-order valence-electron chi connectivity index (χ3n) is 8.04. The third-order valence-corrected chi connectivity index (χ3v) is 8.04. The number of aromatic nitrogens is 3. The first-order chi connectivity index (χ1) is 19.3. The zero-order valence-electron chi connectivity index (χ0n) is 22.3. The second kappa shape index (κ2) is 11.2. The van der Waals surface area contributed by atoms with Gasteiger partial charge in [-0.15, -0.1) is 0 Å². The number of anilines is 1. The van der Waals surface area contributed by atoms with E-state index >= 15 is 8.78 Å². The van der Waals surface area contributed by atoms with Crippen molar-refractivity contribution in [3.63, 3.8) is 0 Å². The molecule has 0 amide bonds. The summed E-state index contributed by atoms with van der Waals surface area (Å²) in [6, 6.07) is 10.1. The lowest BCUT2D eigenvalue weighted by molar-refractivity contribution is -0.0754. The quantitative estimate of drug-likeness (QED) is 0.152. The van der Waals surface area contributed by atoms with E-state index in [0.29, 0.717) is 73.2 Å². The summed E-state index contributed by atoms with van der Waals surface area (Å²) in [6.07, 6.45) is 3.80. The molecule has 3 heterocycles. The maximum absolute atomic E-state index is 15.4. The van der Waals surface area contributed by atoms with E-state index in [4.69, 9.17) is 5.53 Å². The topological polar surface area (TPSA) is 144 Å². The first-order valence-electron chi connectivity index (χ1n) is 13.6. The van der Waals surface area contributed by atoms with Crippen LogP contribution in [0.3, 0.4) is 0 Å². The Morgan fingerprint density at radius 3 is 2.80 bits per heavy atom. The molecule has 2 fully saturated rings. The summed E-state index contributed by atoms with van der Waals surface area (Å²) in [7, 11) is 0. The maximum Gasteiger partial charge on any atom is 0.276 e. The van der Waals surface area contributed by atoms with E-state index in [9.17, 15) is 10.1 Å². The molecule has 40 heavy (non-hydrogen) atoms. The molecule has 0 unspecified atom stereocenters. The van der Waals surface area contributed by atoms with E-state index in [1.807, 2.05) is 6.92 Å². The molecule has 1 saturated heterocycles. The Morgan fingerprint density at radius 2 is 2.10 bits per heavy atom. The van der Waals surface area contributed by atoms with Crippen molar-refractivity contribution in [3.8, 4) is 6.07 Å². The van der Waals surface area contributed by atoms with Crippen LogP contribution in [0.1, 0.15) is 61.8 Å². The Morgan fingerprint density at radius 1 is 1.32 bits per heavy atom. The molecule has 10 nitrogen and oxygen atoms in total. The zero-order chi connectivity index (χ0) is 28.3. The Kier molecular flexibility index (Phi) is 7.70. The van der Waals surface area contributed by atoms with E-state index in [1.165, 1.54) is 17.0 Å². The fourth-order valence-electron chi connectivity index (χ4n) is 5.48. The van der Waals surface area contributed by atoms with Gasteiger partial charge in [-0.05, 0) is 75.3 Å². The smallest absolute Gasteiger partial charge is 0.276 e. The SMILES string of the molecule is C[C@@H](Nc1ncnc2c1cc(C1(C#N)CC1)c(=O)n2CCCN=[N+]=[N-])c1cccc(C(F)(F)C2CCNCC2)c1. The zero-order valence-corrected chi connectivity index (χ0v) is 22.3. The van der Waals surface area contributed by atoms with E-state index in [1.54, 1.807) is 24.3 Å². The van der Waals surface area contributed by atoms with Gasteiger partial charge in [0.2, 0.25) is 0 Å². The van der Waals surface area contributed by atoms with Crippen molar-refractivity contribution in [3.05, 3.63) is 74.1 Å². The normalized spacial score (nSPS) is 17.6. The number of aryl methyl sites for hydroxylation is 1. The van der Waals surface area contributed by atoms with Crippen LogP contribution in [-0.2, 0) is 17.9 Å². The molecule has 2 N–H and O–H groups in total. The van der Waals surface area contributed by atoms with Gasteiger partial charge in [0.15, 0.2) is 0 Å². The first-order valence-corrected chi connectivity index (χ1v) is 13.6. The van der Waals surface area contributed by atoms with Crippen LogP contribution in [0.2, 0.25) is 0 Å². The minimum Gasteiger partial charge on any atom is -0.363 e. The molecule has 0 bridgehead atoms. The van der Waals surface area contributed by atoms with Crippen LogP contribution in [-0.4, -0.2) is 34.2 Å². The first kappa shape index (κ1) is 27.5. The molecule has 12 heteroatoms. The number of halogens is 2. The minimum atomic E-state index is -2.93. The van der Waals surface area contributed by atoms with Gasteiger partial charge in [0.05, 0.1) is 16.9 Å². The molecule has 1 aliphatic carbocycles. The summed E-state index contributed by atoms with van der Waals surface area (Å²) in [4.78, 5) is 25.0. The highest BCUT2D eigenvalue weighted by Crippen LogP contribution is 2.47. The predicted octanol–water partition coefficient (Wildman–Crippen LogP) is 5.31. The van der Waals surface area contributed by atoms with E-state index in [-0.39, 0.29) is 30.3 Å². The second-order valence-corrected chi connectivity index (χ2v) is 10.6. The number of azide groups is 1. The number of benzene rings is 1. The highest BCUT2D eigenvalue weighted by atomic mass is 19.3. The van der Waals surface area contributed by atoms with Gasteiger partial charge in [-0.25, -0.2) is 18.7 Å². The molecule has 1 aliphatic heterocycles. The number of hydrogen-bond acceptors (Lipinski definition) is 7. The number of rotatable bonds is 10. The summed E-state index contributed by atoms with van der Waals surface area (Å²) in [5, 5.41) is 20.4. The fourth-order valence-corrected chi connectivity index (χ4v) is 5.48. The Balaban J connectivity index is 1.49. The van der Waals surface area contributed by atoms with Gasteiger partial charge in [0, 0.05) is 41.1 Å². The van der Waals surface area contributed by atoms with Crippen LogP contribution in [0.4, 0.5) is 14.6 Å². The van der Waals surface area contributed by atoms with Gasteiger partial charge in [0.25, 0.3) is 11.5 Å². The van der Waals surface area contributed by atoms with Crippen molar-refractivity contribution in [1.29, 1.82) is 5.26 Å². The van der Waals surface area contributed by atoms with Crippen molar-refractivity contribution >= 4 is 16.9 Å². The molecule has 3 aromatic rings. The van der Waals surface area contributed by atoms with Crippen LogP contribution in [0.25, 0.3) is 21.5 Å². The lowest BCUT2D eigenvalue weighted by Gasteiger charge is -2.31. The van der Waals surface area contributed by atoms with E-state index < -0.39 is 17.3 Å². The molecular weight excluding hydrogens is 516 g/mol. The number of nitrogens with zero attached hydrogens (tertiary/aromatic N) is 7. The molecule has 208 valence electrons. The number of nitriles is 1. The molecule has 2 aliphatic rings. The number of pyridine rings is 1. The van der Waals surface area contributed by atoms with Crippen molar-refractivity contribution in [2.24, 2.45) is 11.0 Å². The van der Waals surface area contributed by atoms with Gasteiger partial charge >= 0.3 is 0 Å². The molecule has 1 saturated carbocycles. The molecule has 2 aromatic heterocycles. The Labute approximate surface area is 230 Å². The third kappa shape index (κ3) is 5.22. The number of fused-ring (bicyclic) bond motifs is 1. The lowest BCUT2D eigenvalue weighted by Crippen LogP contribution is -2.36. The van der Waals surface area contributed by atoms with Crippen LogP contribution in [0.5, 0.6) is 0 Å². The molecule has 0 spiro atoms. The summed E-state index contributed by atoms with van der Waals surface area (Å²) in [6.45, 7) is 3.51. The highest BCUT2D eigenvalue weighted by molar-refractivity contribution is 5.87. The number of nitrogens with one attached hydrogen (secondary N) is 2. The molecule has 1 aromatic carbocycles. The van der Waals surface area contributed by atoms with Crippen molar-refractivity contribution in [1.82, 2.24) is 19.9 Å². The number of piperidine rings is 1. The van der Waals surface area contributed by atoms with Gasteiger partial charge in [0.1, 0.15) is 17.8 Å². The van der Waals surface area contributed by atoms with Gasteiger partial charge in [-0.3, -0.25) is 9.36 Å². The summed E-state index contributed by atoms with van der Waals surface area (Å²) < 4.78 is 32.3. The Hall–Kier alpha value is -4.07. The summed E-state index contributed by atoms with van der Waals surface area (Å²) in [5.74, 6) is -3.20. The minimum absolute atomic E-state index is 0.000978. The maximum atomic E-state index is 15.4. The average molecular weight is 548 g/mol. The van der Waals surface area contributed by atoms with E-state index in [2.05, 4.69) is 36.7 Å². The number of hydrogen-bond donors (Lipinski definition) is 2. The van der Waals surface area contributed by atoms with Gasteiger partial charge in [-0.1, -0.05) is 23.3 Å². The summed E-state index contributed by atoms with van der Waals surface area (Å²) >= 11 is 0. The van der Waals surface area contributed by atoms with Crippen molar-refractivity contribution in [2.45, 2.75) is 63.0 Å². The van der Waals surface area contributed by atoms with Gasteiger partial charge in [-0.2, -0.15) is 5.26 Å². The van der Waals surface area contributed by atoms with Crippen LogP contribution in [0.15, 0.2) is 46.6 Å². The molecule has 5 rings (SSSR count). The van der Waals surface area contributed by atoms with Gasteiger partial charge < -0.3 is 10.6 Å². The standard InChI is InChI=1S/C28H31F2N9O/c1-18(19-4-2-5-21(14-19)28(29,30)20-6-11-33-12-7-20)37-24-22-15-23(27(16-31)8-9-27)26(40)39(13-3-10-36-38-32)25(22)35-17-34-24/h2,4-5,14-15,17-18,20,33H,3,6-13H2,1H3,(H,34,35,37)/t18-/m1/s1. The fraction of sp³-hybridized carbons (Fsp3) is 0.500. The molecule has 0 radical (unpaired) electrons. The van der Waals surface area contributed by atoms with Crippen molar-refractivity contribution < 1.29 is 8.78 Å². The highest BCUT2D eigenvalue weighted by Gasteiger charge is 2.47. The molecular formula is C28H31F2N9O. The van der Waals surface area contributed by atoms with Crippen LogP contribution < -0.4 is 16.2 Å². The molecule has 1 atom stereocenters. The van der Waals surface area contributed by atoms with Crippen molar-refractivity contribution in [2.75, 3.05) is 25.0 Å².